The van der Waals surface area contributed by atoms with Crippen LogP contribution < -0.4 is 5.32 Å². The highest BCUT2D eigenvalue weighted by Gasteiger charge is 2.07. The molecule has 0 unspecified atom stereocenters. The van der Waals surface area contributed by atoms with E-state index in [1.807, 2.05) is 19.1 Å². The minimum atomic E-state index is -0.00935. The second-order valence-corrected chi connectivity index (χ2v) is 3.53. The lowest BCUT2D eigenvalue weighted by molar-refractivity contribution is 0.325. The van der Waals surface area contributed by atoms with E-state index in [-0.39, 0.29) is 6.73 Å². The van der Waals surface area contributed by atoms with Crippen LogP contribution >= 0.6 is 0 Å². The predicted octanol–water partition coefficient (Wildman–Crippen LogP) is 2.48. The van der Waals surface area contributed by atoms with Gasteiger partial charge in [-0.2, -0.15) is 0 Å². The summed E-state index contributed by atoms with van der Waals surface area (Å²) in [7, 11) is 0. The first-order valence-electron chi connectivity index (χ1n) is 4.61. The van der Waals surface area contributed by atoms with Crippen LogP contribution in [0, 0.1) is 6.92 Å². The lowest BCUT2D eigenvalue weighted by Crippen LogP contribution is -2.05. The number of aliphatic hydroxyl groups excluding tert-OH is 1. The van der Waals surface area contributed by atoms with Gasteiger partial charge in [0.15, 0.2) is 0 Å². The van der Waals surface area contributed by atoms with Gasteiger partial charge in [-0.25, -0.2) is 0 Å². The highest BCUT2D eigenvalue weighted by molar-refractivity contribution is 5.58. The van der Waals surface area contributed by atoms with E-state index in [0.29, 0.717) is 5.92 Å². The third-order valence-electron chi connectivity index (χ3n) is 2.18. The molecule has 0 fully saturated rings. The van der Waals surface area contributed by atoms with Crippen molar-refractivity contribution in [3.05, 3.63) is 29.3 Å². The standard InChI is InChI=1S/C11H17NO/c1-8(2)10-6-4-5-9(3)11(10)12-7-13/h4-6,8,12-13H,7H2,1-3H3. The summed E-state index contributed by atoms with van der Waals surface area (Å²) in [5.41, 5.74) is 3.51. The molecule has 0 radical (unpaired) electrons. The molecule has 2 N–H and O–H groups in total. The first-order chi connectivity index (χ1) is 6.16. The molecule has 0 saturated carbocycles. The molecule has 0 aliphatic heterocycles. The molecule has 1 rings (SSSR count). The summed E-state index contributed by atoms with van der Waals surface area (Å²) in [6.07, 6.45) is 0. The van der Waals surface area contributed by atoms with Crippen molar-refractivity contribution < 1.29 is 5.11 Å². The molecule has 0 bridgehead atoms. The van der Waals surface area contributed by atoms with Gasteiger partial charge in [0.25, 0.3) is 0 Å². The number of para-hydroxylation sites is 1. The quantitative estimate of drug-likeness (QED) is 0.699. The van der Waals surface area contributed by atoms with E-state index in [4.69, 9.17) is 5.11 Å². The van der Waals surface area contributed by atoms with Crippen LogP contribution in [-0.4, -0.2) is 11.8 Å². The van der Waals surface area contributed by atoms with Gasteiger partial charge in [-0.15, -0.1) is 0 Å². The number of anilines is 1. The van der Waals surface area contributed by atoms with Gasteiger partial charge in [-0.3, -0.25) is 0 Å². The van der Waals surface area contributed by atoms with Crippen molar-refractivity contribution in [1.29, 1.82) is 0 Å². The van der Waals surface area contributed by atoms with Crippen molar-refractivity contribution in [2.75, 3.05) is 12.0 Å². The van der Waals surface area contributed by atoms with Crippen molar-refractivity contribution in [2.45, 2.75) is 26.7 Å². The van der Waals surface area contributed by atoms with Gasteiger partial charge >= 0.3 is 0 Å². The average Bonchev–Trinajstić information content (AvgIpc) is 2.08. The highest BCUT2D eigenvalue weighted by atomic mass is 16.3. The number of rotatable bonds is 3. The van der Waals surface area contributed by atoms with Crippen LogP contribution in [0.5, 0.6) is 0 Å². The van der Waals surface area contributed by atoms with Gasteiger partial charge in [0, 0.05) is 5.69 Å². The third kappa shape index (κ3) is 2.22. The smallest absolute Gasteiger partial charge is 0.113 e. The van der Waals surface area contributed by atoms with Crippen molar-refractivity contribution in [1.82, 2.24) is 0 Å². The summed E-state index contributed by atoms with van der Waals surface area (Å²) >= 11 is 0. The maximum atomic E-state index is 8.84. The molecule has 0 saturated heterocycles. The van der Waals surface area contributed by atoms with E-state index >= 15 is 0 Å². The van der Waals surface area contributed by atoms with Gasteiger partial charge in [0.1, 0.15) is 6.73 Å². The Morgan fingerprint density at radius 3 is 2.62 bits per heavy atom. The van der Waals surface area contributed by atoms with E-state index in [0.717, 1.165) is 5.69 Å². The Balaban J connectivity index is 3.09. The zero-order valence-electron chi connectivity index (χ0n) is 8.46. The molecule has 0 aromatic heterocycles. The number of aliphatic hydroxyl groups is 1. The van der Waals surface area contributed by atoms with E-state index in [1.165, 1.54) is 11.1 Å². The Morgan fingerprint density at radius 2 is 2.08 bits per heavy atom. The topological polar surface area (TPSA) is 32.3 Å². The van der Waals surface area contributed by atoms with Gasteiger partial charge in [-0.05, 0) is 24.0 Å². The monoisotopic (exact) mass is 179 g/mol. The second-order valence-electron chi connectivity index (χ2n) is 3.53. The number of hydrogen-bond donors (Lipinski definition) is 2. The molecular formula is C11H17NO. The molecule has 2 nitrogen and oxygen atoms in total. The second kappa shape index (κ2) is 4.28. The average molecular weight is 179 g/mol. The summed E-state index contributed by atoms with van der Waals surface area (Å²) in [6.45, 7) is 6.34. The molecule has 0 aliphatic rings. The normalized spacial score (nSPS) is 10.5. The summed E-state index contributed by atoms with van der Waals surface area (Å²) < 4.78 is 0. The van der Waals surface area contributed by atoms with Gasteiger partial charge in [0.2, 0.25) is 0 Å². The van der Waals surface area contributed by atoms with Crippen LogP contribution in [0.2, 0.25) is 0 Å². The summed E-state index contributed by atoms with van der Waals surface area (Å²) in [4.78, 5) is 0. The van der Waals surface area contributed by atoms with E-state index in [9.17, 15) is 0 Å². The van der Waals surface area contributed by atoms with Crippen molar-refractivity contribution in [2.24, 2.45) is 0 Å². The summed E-state index contributed by atoms with van der Waals surface area (Å²) in [6, 6.07) is 6.19. The fourth-order valence-corrected chi connectivity index (χ4v) is 1.49. The van der Waals surface area contributed by atoms with Crippen molar-refractivity contribution >= 4 is 5.69 Å². The Kier molecular flexibility index (Phi) is 3.32. The number of aryl methyl sites for hydroxylation is 1. The van der Waals surface area contributed by atoms with Crippen molar-refractivity contribution in [3.8, 4) is 0 Å². The molecule has 72 valence electrons. The van der Waals surface area contributed by atoms with E-state index < -0.39 is 0 Å². The molecule has 0 aliphatic carbocycles. The van der Waals surface area contributed by atoms with Crippen LogP contribution in [0.4, 0.5) is 5.69 Å². The number of benzene rings is 1. The summed E-state index contributed by atoms with van der Waals surface area (Å²) in [5, 5.41) is 11.8. The first kappa shape index (κ1) is 10.1. The Labute approximate surface area is 79.6 Å². The molecule has 1 aromatic carbocycles. The molecular weight excluding hydrogens is 162 g/mol. The Morgan fingerprint density at radius 1 is 1.38 bits per heavy atom. The third-order valence-corrected chi connectivity index (χ3v) is 2.18. The van der Waals surface area contributed by atoms with E-state index in [2.05, 4.69) is 25.2 Å². The van der Waals surface area contributed by atoms with Gasteiger partial charge in [0.05, 0.1) is 0 Å². The number of hydrogen-bond acceptors (Lipinski definition) is 2. The lowest BCUT2D eigenvalue weighted by atomic mass is 9.98. The SMILES string of the molecule is Cc1cccc(C(C)C)c1NCO. The molecule has 0 atom stereocenters. The minimum Gasteiger partial charge on any atom is -0.377 e. The van der Waals surface area contributed by atoms with Crippen molar-refractivity contribution in [3.63, 3.8) is 0 Å². The molecule has 0 spiro atoms. The van der Waals surface area contributed by atoms with Crippen LogP contribution in [0.3, 0.4) is 0 Å². The highest BCUT2D eigenvalue weighted by Crippen LogP contribution is 2.26. The predicted molar refractivity (Wildman–Crippen MR) is 56.0 cm³/mol. The first-order valence-corrected chi connectivity index (χ1v) is 4.61. The number of nitrogens with one attached hydrogen (secondary N) is 1. The Bertz CT molecular complexity index is 281. The maximum Gasteiger partial charge on any atom is 0.113 e. The Hall–Kier alpha value is -1.02. The molecule has 0 amide bonds. The molecule has 0 heterocycles. The fraction of sp³-hybridized carbons (Fsp3) is 0.455. The van der Waals surface area contributed by atoms with Gasteiger partial charge in [-0.1, -0.05) is 32.0 Å². The lowest BCUT2D eigenvalue weighted by Gasteiger charge is -2.15. The minimum absolute atomic E-state index is 0.00935. The fourth-order valence-electron chi connectivity index (χ4n) is 1.49. The van der Waals surface area contributed by atoms with Gasteiger partial charge < -0.3 is 10.4 Å². The largest absolute Gasteiger partial charge is 0.377 e. The van der Waals surface area contributed by atoms with Crippen LogP contribution in [-0.2, 0) is 0 Å². The molecule has 13 heavy (non-hydrogen) atoms. The summed E-state index contributed by atoms with van der Waals surface area (Å²) in [5.74, 6) is 0.481. The van der Waals surface area contributed by atoms with Crippen LogP contribution in [0.15, 0.2) is 18.2 Å². The molecule has 2 heteroatoms. The van der Waals surface area contributed by atoms with E-state index in [1.54, 1.807) is 0 Å². The zero-order valence-corrected chi connectivity index (χ0v) is 8.46. The zero-order chi connectivity index (χ0) is 9.84. The van der Waals surface area contributed by atoms with Crippen LogP contribution in [0.25, 0.3) is 0 Å². The van der Waals surface area contributed by atoms with Crippen LogP contribution in [0.1, 0.15) is 30.9 Å². The maximum absolute atomic E-state index is 8.84. The molecule has 1 aromatic rings.